The van der Waals surface area contributed by atoms with Gasteiger partial charge in [-0.1, -0.05) is 12.1 Å². The first-order valence-electron chi connectivity index (χ1n) is 7.03. The smallest absolute Gasteiger partial charge is 0.225 e. The second-order valence-corrected chi connectivity index (χ2v) is 5.31. The van der Waals surface area contributed by atoms with Crippen molar-refractivity contribution in [3.05, 3.63) is 28.8 Å². The van der Waals surface area contributed by atoms with E-state index >= 15 is 0 Å². The molecule has 0 aromatic heterocycles. The lowest BCUT2D eigenvalue weighted by molar-refractivity contribution is -0.132. The van der Waals surface area contributed by atoms with Crippen molar-refractivity contribution in [2.45, 2.75) is 32.9 Å². The van der Waals surface area contributed by atoms with Crippen LogP contribution in [0.5, 0.6) is 5.75 Å². The van der Waals surface area contributed by atoms with Crippen LogP contribution in [0.4, 0.5) is 0 Å². The summed E-state index contributed by atoms with van der Waals surface area (Å²) < 4.78 is 10.5. The summed E-state index contributed by atoms with van der Waals surface area (Å²) in [7, 11) is 5.03. The number of rotatable bonds is 7. The zero-order valence-electron chi connectivity index (χ0n) is 14.0. The number of aryl methyl sites for hydroxylation is 2. The second kappa shape index (κ2) is 9.66. The molecule has 0 heterocycles. The Bertz CT molecular complexity index is 467. The Morgan fingerprint density at radius 3 is 2.23 bits per heavy atom. The van der Waals surface area contributed by atoms with Gasteiger partial charge in [0.1, 0.15) is 5.75 Å². The highest BCUT2D eigenvalue weighted by Crippen LogP contribution is 2.24. The average molecular weight is 331 g/mol. The van der Waals surface area contributed by atoms with Crippen molar-refractivity contribution < 1.29 is 14.3 Å². The number of hydrogen-bond acceptors (Lipinski definition) is 4. The fourth-order valence-corrected chi connectivity index (χ4v) is 2.43. The first-order valence-corrected chi connectivity index (χ1v) is 7.03. The SMILES string of the molecule is COc1c(C)cc(CN(C)C(=O)CC(CN)OC)cc1C.Cl. The van der Waals surface area contributed by atoms with Crippen LogP contribution in [0.15, 0.2) is 12.1 Å². The van der Waals surface area contributed by atoms with Gasteiger partial charge in [0, 0.05) is 27.2 Å². The lowest BCUT2D eigenvalue weighted by Crippen LogP contribution is -2.33. The molecule has 0 spiro atoms. The zero-order chi connectivity index (χ0) is 16.0. The quantitative estimate of drug-likeness (QED) is 0.831. The molecule has 6 heteroatoms. The van der Waals surface area contributed by atoms with Crippen LogP contribution in [0.1, 0.15) is 23.1 Å². The molecule has 2 N–H and O–H groups in total. The van der Waals surface area contributed by atoms with Crippen LogP contribution in [0.3, 0.4) is 0 Å². The van der Waals surface area contributed by atoms with Crippen LogP contribution in [0.2, 0.25) is 0 Å². The van der Waals surface area contributed by atoms with Gasteiger partial charge in [-0.15, -0.1) is 12.4 Å². The third-order valence-corrected chi connectivity index (χ3v) is 3.57. The Kier molecular flexibility index (Phi) is 9.09. The van der Waals surface area contributed by atoms with E-state index in [1.165, 1.54) is 0 Å². The lowest BCUT2D eigenvalue weighted by atomic mass is 10.1. The molecule has 0 saturated carbocycles. The van der Waals surface area contributed by atoms with Crippen molar-refractivity contribution in [3.63, 3.8) is 0 Å². The summed E-state index contributed by atoms with van der Waals surface area (Å²) in [5.74, 6) is 0.925. The highest BCUT2D eigenvalue weighted by atomic mass is 35.5. The third kappa shape index (κ3) is 5.48. The van der Waals surface area contributed by atoms with E-state index in [2.05, 4.69) is 0 Å². The first kappa shape index (κ1) is 20.7. The molecule has 1 aromatic rings. The van der Waals surface area contributed by atoms with Crippen LogP contribution in [0.25, 0.3) is 0 Å². The Hall–Kier alpha value is -1.30. The van der Waals surface area contributed by atoms with Gasteiger partial charge in [-0.2, -0.15) is 0 Å². The monoisotopic (exact) mass is 330 g/mol. The molecule has 0 aliphatic rings. The minimum Gasteiger partial charge on any atom is -0.496 e. The number of ether oxygens (including phenoxy) is 2. The summed E-state index contributed by atoms with van der Waals surface area (Å²) >= 11 is 0. The molecular formula is C16H27ClN2O3. The summed E-state index contributed by atoms with van der Waals surface area (Å²) in [6, 6.07) is 4.10. The van der Waals surface area contributed by atoms with E-state index in [1.807, 2.05) is 26.0 Å². The highest BCUT2D eigenvalue weighted by Gasteiger charge is 2.16. The predicted molar refractivity (Wildman–Crippen MR) is 90.7 cm³/mol. The molecule has 5 nitrogen and oxygen atoms in total. The van der Waals surface area contributed by atoms with Gasteiger partial charge in [-0.25, -0.2) is 0 Å². The van der Waals surface area contributed by atoms with E-state index in [9.17, 15) is 4.79 Å². The minimum atomic E-state index is -0.223. The number of carbonyl (C=O) groups is 1. The number of benzene rings is 1. The molecule has 0 fully saturated rings. The van der Waals surface area contributed by atoms with Crippen molar-refractivity contribution in [1.29, 1.82) is 0 Å². The average Bonchev–Trinajstić information content (AvgIpc) is 2.44. The van der Waals surface area contributed by atoms with Crippen molar-refractivity contribution in [1.82, 2.24) is 4.90 Å². The van der Waals surface area contributed by atoms with Crippen molar-refractivity contribution in [3.8, 4) is 5.75 Å². The molecule has 1 aromatic carbocycles. The Balaban J connectivity index is 0.00000441. The zero-order valence-corrected chi connectivity index (χ0v) is 14.8. The predicted octanol–water partition coefficient (Wildman–Crippen LogP) is 2.06. The molecule has 0 saturated heterocycles. The van der Waals surface area contributed by atoms with Crippen LogP contribution in [-0.4, -0.2) is 44.7 Å². The molecule has 0 aliphatic carbocycles. The maximum atomic E-state index is 12.1. The molecule has 0 radical (unpaired) electrons. The van der Waals surface area contributed by atoms with Crippen LogP contribution in [0, 0.1) is 13.8 Å². The van der Waals surface area contributed by atoms with Crippen molar-refractivity contribution >= 4 is 18.3 Å². The molecule has 22 heavy (non-hydrogen) atoms. The molecule has 0 bridgehead atoms. The van der Waals surface area contributed by atoms with Crippen LogP contribution in [-0.2, 0) is 16.1 Å². The molecule has 1 rings (SSSR count). The van der Waals surface area contributed by atoms with Gasteiger partial charge in [0.15, 0.2) is 0 Å². The fraction of sp³-hybridized carbons (Fsp3) is 0.562. The molecule has 1 amide bonds. The van der Waals surface area contributed by atoms with Gasteiger partial charge >= 0.3 is 0 Å². The molecule has 0 aliphatic heterocycles. The maximum absolute atomic E-state index is 12.1. The molecular weight excluding hydrogens is 304 g/mol. The largest absolute Gasteiger partial charge is 0.496 e. The number of nitrogens with zero attached hydrogens (tertiary/aromatic N) is 1. The number of amides is 1. The van der Waals surface area contributed by atoms with E-state index in [0.29, 0.717) is 19.5 Å². The fourth-order valence-electron chi connectivity index (χ4n) is 2.43. The van der Waals surface area contributed by atoms with Crippen LogP contribution < -0.4 is 10.5 Å². The van der Waals surface area contributed by atoms with E-state index in [1.54, 1.807) is 26.2 Å². The first-order chi connectivity index (χ1) is 9.92. The van der Waals surface area contributed by atoms with E-state index in [0.717, 1.165) is 22.4 Å². The Morgan fingerprint density at radius 2 is 1.82 bits per heavy atom. The van der Waals surface area contributed by atoms with Gasteiger partial charge in [-0.05, 0) is 30.5 Å². The highest BCUT2D eigenvalue weighted by molar-refractivity contribution is 5.85. The van der Waals surface area contributed by atoms with Gasteiger partial charge in [0.25, 0.3) is 0 Å². The van der Waals surface area contributed by atoms with Gasteiger partial charge in [0.2, 0.25) is 5.91 Å². The number of halogens is 1. The maximum Gasteiger partial charge on any atom is 0.225 e. The summed E-state index contributed by atoms with van der Waals surface area (Å²) in [6.07, 6.45) is 0.0803. The second-order valence-electron chi connectivity index (χ2n) is 5.31. The number of hydrogen-bond donors (Lipinski definition) is 1. The Morgan fingerprint density at radius 1 is 1.27 bits per heavy atom. The lowest BCUT2D eigenvalue weighted by Gasteiger charge is -2.21. The summed E-state index contributed by atoms with van der Waals surface area (Å²) in [5, 5.41) is 0. The molecule has 1 unspecified atom stereocenters. The van der Waals surface area contributed by atoms with Crippen molar-refractivity contribution in [2.24, 2.45) is 5.73 Å². The summed E-state index contributed by atoms with van der Waals surface area (Å²) in [4.78, 5) is 13.8. The third-order valence-electron chi connectivity index (χ3n) is 3.57. The summed E-state index contributed by atoms with van der Waals surface area (Å²) in [6.45, 7) is 4.92. The summed E-state index contributed by atoms with van der Waals surface area (Å²) in [5.41, 5.74) is 8.78. The normalized spacial score (nSPS) is 11.5. The van der Waals surface area contributed by atoms with Crippen molar-refractivity contribution in [2.75, 3.05) is 27.8 Å². The Labute approximate surface area is 139 Å². The van der Waals surface area contributed by atoms with E-state index < -0.39 is 0 Å². The standard InChI is InChI=1S/C16H26N2O3.ClH/c1-11-6-13(7-12(2)16(11)21-5)10-18(3)15(19)8-14(9-17)20-4;/h6-7,14H,8-10,17H2,1-5H3;1H. The van der Waals surface area contributed by atoms with Gasteiger partial charge in [0.05, 0.1) is 19.6 Å². The number of nitrogens with two attached hydrogens (primary N) is 1. The van der Waals surface area contributed by atoms with E-state index in [4.69, 9.17) is 15.2 Å². The topological polar surface area (TPSA) is 64.8 Å². The molecule has 126 valence electrons. The number of methoxy groups -OCH3 is 2. The van der Waals surface area contributed by atoms with Gasteiger partial charge in [-0.3, -0.25) is 4.79 Å². The van der Waals surface area contributed by atoms with Crippen LogP contribution >= 0.6 is 12.4 Å². The van der Waals surface area contributed by atoms with Gasteiger partial charge < -0.3 is 20.1 Å². The van der Waals surface area contributed by atoms with E-state index in [-0.39, 0.29) is 24.4 Å². The minimum absolute atomic E-state index is 0. The number of carbonyl (C=O) groups excluding carboxylic acids is 1. The molecule has 1 atom stereocenters.